The highest BCUT2D eigenvalue weighted by Crippen LogP contribution is 2.31. The summed E-state index contributed by atoms with van der Waals surface area (Å²) >= 11 is 5.37. The first kappa shape index (κ1) is 14.6. The number of hydrogen-bond donors (Lipinski definition) is 1. The van der Waals surface area contributed by atoms with Crippen molar-refractivity contribution in [3.63, 3.8) is 0 Å². The lowest BCUT2D eigenvalue weighted by molar-refractivity contribution is 0.797. The second-order valence-corrected chi connectivity index (χ2v) is 6.68. The standard InChI is InChI=1S/C16H18BrNS/c1-11-4-3-5-13(8-11)10-19-16-9-14(17)6-7-15(16)12(2)18/h3-9,12H,10,18H2,1-2H3. The number of benzene rings is 2. The molecule has 0 radical (unpaired) electrons. The molecule has 0 aliphatic rings. The van der Waals surface area contributed by atoms with Crippen molar-refractivity contribution in [3.8, 4) is 0 Å². The number of thioether (sulfide) groups is 1. The molecule has 3 heteroatoms. The smallest absolute Gasteiger partial charge is 0.0277 e. The van der Waals surface area contributed by atoms with E-state index in [0.29, 0.717) is 0 Å². The van der Waals surface area contributed by atoms with Gasteiger partial charge in [-0.15, -0.1) is 11.8 Å². The summed E-state index contributed by atoms with van der Waals surface area (Å²) in [5.74, 6) is 0.970. The van der Waals surface area contributed by atoms with Gasteiger partial charge in [-0.05, 0) is 37.1 Å². The van der Waals surface area contributed by atoms with Crippen LogP contribution in [0.2, 0.25) is 0 Å². The molecule has 0 saturated carbocycles. The highest BCUT2D eigenvalue weighted by Gasteiger charge is 2.08. The molecule has 100 valence electrons. The van der Waals surface area contributed by atoms with E-state index >= 15 is 0 Å². The molecule has 0 saturated heterocycles. The van der Waals surface area contributed by atoms with Gasteiger partial charge in [0.05, 0.1) is 0 Å². The molecule has 2 aromatic carbocycles. The van der Waals surface area contributed by atoms with Crippen molar-refractivity contribution in [3.05, 3.63) is 63.6 Å². The van der Waals surface area contributed by atoms with Crippen LogP contribution in [0.3, 0.4) is 0 Å². The van der Waals surface area contributed by atoms with Gasteiger partial charge in [0, 0.05) is 21.2 Å². The molecule has 0 spiro atoms. The average molecular weight is 336 g/mol. The summed E-state index contributed by atoms with van der Waals surface area (Å²) in [5.41, 5.74) is 9.89. The summed E-state index contributed by atoms with van der Waals surface area (Å²) in [6.45, 7) is 4.15. The Labute approximate surface area is 127 Å². The summed E-state index contributed by atoms with van der Waals surface area (Å²) in [5, 5.41) is 0. The van der Waals surface area contributed by atoms with Gasteiger partial charge in [-0.2, -0.15) is 0 Å². The minimum atomic E-state index is 0.0631. The van der Waals surface area contributed by atoms with Crippen LogP contribution in [-0.2, 0) is 5.75 Å². The third-order valence-electron chi connectivity index (χ3n) is 2.94. The van der Waals surface area contributed by atoms with Gasteiger partial charge in [0.25, 0.3) is 0 Å². The van der Waals surface area contributed by atoms with E-state index in [2.05, 4.69) is 65.3 Å². The summed E-state index contributed by atoms with van der Waals surface area (Å²) in [7, 11) is 0. The molecule has 2 aromatic rings. The van der Waals surface area contributed by atoms with Crippen LogP contribution in [0.15, 0.2) is 51.8 Å². The topological polar surface area (TPSA) is 26.0 Å². The summed E-state index contributed by atoms with van der Waals surface area (Å²) in [6.07, 6.45) is 0. The molecule has 19 heavy (non-hydrogen) atoms. The zero-order chi connectivity index (χ0) is 13.8. The van der Waals surface area contributed by atoms with Crippen LogP contribution in [-0.4, -0.2) is 0 Å². The maximum Gasteiger partial charge on any atom is 0.0277 e. The number of aryl methyl sites for hydroxylation is 1. The van der Waals surface area contributed by atoms with E-state index < -0.39 is 0 Å². The molecule has 0 fully saturated rings. The van der Waals surface area contributed by atoms with Gasteiger partial charge in [-0.25, -0.2) is 0 Å². The average Bonchev–Trinajstić information content (AvgIpc) is 2.36. The van der Waals surface area contributed by atoms with E-state index in [0.717, 1.165) is 10.2 Å². The lowest BCUT2D eigenvalue weighted by Gasteiger charge is -2.13. The van der Waals surface area contributed by atoms with Gasteiger partial charge >= 0.3 is 0 Å². The van der Waals surface area contributed by atoms with Crippen molar-refractivity contribution >= 4 is 27.7 Å². The molecule has 1 unspecified atom stereocenters. The quantitative estimate of drug-likeness (QED) is 0.789. The first-order valence-corrected chi connectivity index (χ1v) is 8.07. The van der Waals surface area contributed by atoms with Gasteiger partial charge in [0.1, 0.15) is 0 Å². The van der Waals surface area contributed by atoms with Crippen LogP contribution in [0, 0.1) is 6.92 Å². The van der Waals surface area contributed by atoms with Gasteiger partial charge in [-0.1, -0.05) is 51.8 Å². The van der Waals surface area contributed by atoms with Crippen LogP contribution in [0.4, 0.5) is 0 Å². The van der Waals surface area contributed by atoms with Crippen molar-refractivity contribution in [2.45, 2.75) is 30.5 Å². The number of halogens is 1. The molecule has 0 aliphatic carbocycles. The lowest BCUT2D eigenvalue weighted by atomic mass is 10.1. The molecule has 0 aromatic heterocycles. The van der Waals surface area contributed by atoms with E-state index in [-0.39, 0.29) is 6.04 Å². The second kappa shape index (κ2) is 6.60. The van der Waals surface area contributed by atoms with Crippen molar-refractivity contribution in [1.82, 2.24) is 0 Å². The Hall–Kier alpha value is -0.770. The normalized spacial score (nSPS) is 12.4. The lowest BCUT2D eigenvalue weighted by Crippen LogP contribution is -2.06. The Morgan fingerprint density at radius 2 is 2.00 bits per heavy atom. The minimum Gasteiger partial charge on any atom is -0.324 e. The summed E-state index contributed by atoms with van der Waals surface area (Å²) in [4.78, 5) is 1.26. The molecule has 1 atom stereocenters. The highest BCUT2D eigenvalue weighted by atomic mass is 79.9. The molecule has 2 N–H and O–H groups in total. The Kier molecular flexibility index (Phi) is 5.08. The third-order valence-corrected chi connectivity index (χ3v) is 4.58. The van der Waals surface area contributed by atoms with Crippen LogP contribution in [0.25, 0.3) is 0 Å². The second-order valence-electron chi connectivity index (χ2n) is 4.75. The molecule has 0 aliphatic heterocycles. The van der Waals surface area contributed by atoms with Gasteiger partial charge in [0.15, 0.2) is 0 Å². The van der Waals surface area contributed by atoms with Crippen LogP contribution in [0.5, 0.6) is 0 Å². The number of rotatable bonds is 4. The maximum absolute atomic E-state index is 6.03. The van der Waals surface area contributed by atoms with Gasteiger partial charge < -0.3 is 5.73 Å². The van der Waals surface area contributed by atoms with E-state index in [1.54, 1.807) is 0 Å². The third kappa shape index (κ3) is 4.10. The van der Waals surface area contributed by atoms with Crippen LogP contribution >= 0.6 is 27.7 Å². The largest absolute Gasteiger partial charge is 0.324 e. The Morgan fingerprint density at radius 1 is 1.21 bits per heavy atom. The summed E-state index contributed by atoms with van der Waals surface area (Å²) < 4.78 is 1.10. The van der Waals surface area contributed by atoms with E-state index in [1.165, 1.54) is 21.6 Å². The predicted molar refractivity (Wildman–Crippen MR) is 87.5 cm³/mol. The predicted octanol–water partition coefficient (Wildman–Crippen LogP) is 5.07. The van der Waals surface area contributed by atoms with Crippen molar-refractivity contribution < 1.29 is 0 Å². The fourth-order valence-corrected chi connectivity index (χ4v) is 3.62. The SMILES string of the molecule is Cc1cccc(CSc2cc(Br)ccc2C(C)N)c1. The van der Waals surface area contributed by atoms with Crippen LogP contribution in [0.1, 0.15) is 29.7 Å². The van der Waals surface area contributed by atoms with E-state index in [1.807, 2.05) is 18.7 Å². The zero-order valence-corrected chi connectivity index (χ0v) is 13.6. The molecular formula is C16H18BrNS. The van der Waals surface area contributed by atoms with Crippen molar-refractivity contribution in [2.24, 2.45) is 5.73 Å². The number of nitrogens with two attached hydrogens (primary N) is 1. The van der Waals surface area contributed by atoms with Gasteiger partial charge in [0.2, 0.25) is 0 Å². The molecular weight excluding hydrogens is 318 g/mol. The fourth-order valence-electron chi connectivity index (χ4n) is 1.97. The highest BCUT2D eigenvalue weighted by molar-refractivity contribution is 9.10. The van der Waals surface area contributed by atoms with Crippen LogP contribution < -0.4 is 5.73 Å². The fraction of sp³-hybridized carbons (Fsp3) is 0.250. The Balaban J connectivity index is 2.17. The maximum atomic E-state index is 6.03. The van der Waals surface area contributed by atoms with E-state index in [9.17, 15) is 0 Å². The minimum absolute atomic E-state index is 0.0631. The molecule has 0 amide bonds. The number of hydrogen-bond acceptors (Lipinski definition) is 2. The Bertz CT molecular complexity index is 566. The zero-order valence-electron chi connectivity index (χ0n) is 11.2. The Morgan fingerprint density at radius 3 is 2.68 bits per heavy atom. The first-order valence-electron chi connectivity index (χ1n) is 6.29. The summed E-state index contributed by atoms with van der Waals surface area (Å²) in [6, 6.07) is 15.0. The molecule has 1 nitrogen and oxygen atoms in total. The first-order chi connectivity index (χ1) is 9.06. The molecule has 2 rings (SSSR count). The molecule has 0 heterocycles. The molecule has 0 bridgehead atoms. The van der Waals surface area contributed by atoms with Gasteiger partial charge in [-0.3, -0.25) is 0 Å². The van der Waals surface area contributed by atoms with E-state index in [4.69, 9.17) is 5.73 Å². The van der Waals surface area contributed by atoms with Crippen molar-refractivity contribution in [2.75, 3.05) is 0 Å². The monoisotopic (exact) mass is 335 g/mol. The van der Waals surface area contributed by atoms with Crippen molar-refractivity contribution in [1.29, 1.82) is 0 Å².